The summed E-state index contributed by atoms with van der Waals surface area (Å²) in [5, 5.41) is 8.71. The highest BCUT2D eigenvalue weighted by Gasteiger charge is 2.16. The molecule has 0 spiro atoms. The number of thiophene rings is 1. The molecule has 2 N–H and O–H groups in total. The minimum absolute atomic E-state index is 0.0616. The predicted octanol–water partition coefficient (Wildman–Crippen LogP) is 4.99. The maximum atomic E-state index is 12.6. The molecule has 5 nitrogen and oxygen atoms in total. The standard InChI is InChI=1S/C23H18ClN3O2S/c24-20-13-5-4-12-19(20)22(28)26-21(16-18-11-7-15-30-18)23(29)27-25-14-6-10-17-8-2-1-3-9-17/h1-16H,(H,26,28)(H,27,29)/b10-6+,21-16-,25-14+. The van der Waals surface area contributed by atoms with Crippen LogP contribution in [0, 0.1) is 0 Å². The first kappa shape index (κ1) is 21.2. The fourth-order valence-corrected chi connectivity index (χ4v) is 3.31. The van der Waals surface area contributed by atoms with Crippen molar-refractivity contribution in [2.75, 3.05) is 0 Å². The van der Waals surface area contributed by atoms with E-state index in [1.807, 2.05) is 53.9 Å². The highest BCUT2D eigenvalue weighted by molar-refractivity contribution is 7.10. The molecule has 1 heterocycles. The van der Waals surface area contributed by atoms with E-state index in [9.17, 15) is 9.59 Å². The molecule has 7 heteroatoms. The molecule has 0 aliphatic heterocycles. The normalized spacial score (nSPS) is 11.7. The number of allylic oxidation sites excluding steroid dienone is 1. The lowest BCUT2D eigenvalue weighted by molar-refractivity contribution is -0.117. The van der Waals surface area contributed by atoms with Gasteiger partial charge in [0.05, 0.1) is 10.6 Å². The first-order valence-corrected chi connectivity index (χ1v) is 10.3. The smallest absolute Gasteiger partial charge is 0.287 e. The zero-order chi connectivity index (χ0) is 21.2. The van der Waals surface area contributed by atoms with E-state index in [2.05, 4.69) is 15.8 Å². The summed E-state index contributed by atoms with van der Waals surface area (Å²) in [6.07, 6.45) is 6.62. The number of hydrazone groups is 1. The van der Waals surface area contributed by atoms with E-state index in [1.165, 1.54) is 17.6 Å². The zero-order valence-corrected chi connectivity index (χ0v) is 17.4. The Morgan fingerprint density at radius 2 is 1.73 bits per heavy atom. The van der Waals surface area contributed by atoms with E-state index in [4.69, 9.17) is 11.6 Å². The molecule has 2 amide bonds. The van der Waals surface area contributed by atoms with Crippen molar-refractivity contribution in [3.05, 3.63) is 105 Å². The molecule has 3 rings (SSSR count). The van der Waals surface area contributed by atoms with E-state index < -0.39 is 11.8 Å². The number of halogens is 1. The highest BCUT2D eigenvalue weighted by Crippen LogP contribution is 2.16. The van der Waals surface area contributed by atoms with Gasteiger partial charge in [0, 0.05) is 11.1 Å². The summed E-state index contributed by atoms with van der Waals surface area (Å²) < 4.78 is 0. The molecule has 0 aliphatic carbocycles. The van der Waals surface area contributed by atoms with Crippen LogP contribution in [0.5, 0.6) is 0 Å². The second-order valence-electron chi connectivity index (χ2n) is 6.00. The number of benzene rings is 2. The minimum Gasteiger partial charge on any atom is -0.317 e. The van der Waals surface area contributed by atoms with Gasteiger partial charge in [-0.15, -0.1) is 11.3 Å². The van der Waals surface area contributed by atoms with Crippen LogP contribution in [0.15, 0.2) is 89.0 Å². The zero-order valence-electron chi connectivity index (χ0n) is 15.8. The Bertz CT molecular complexity index is 1090. The SMILES string of the molecule is O=C(N/N=C/C=C/c1ccccc1)/C(=C/c1cccs1)NC(=O)c1ccccc1Cl. The fraction of sp³-hybridized carbons (Fsp3) is 0. The second-order valence-corrected chi connectivity index (χ2v) is 7.38. The van der Waals surface area contributed by atoms with Crippen LogP contribution in [0.4, 0.5) is 0 Å². The van der Waals surface area contributed by atoms with Gasteiger partial charge in [0.1, 0.15) is 5.70 Å². The Hall–Kier alpha value is -3.48. The first-order valence-electron chi connectivity index (χ1n) is 8.99. The molecule has 0 atom stereocenters. The predicted molar refractivity (Wildman–Crippen MR) is 123 cm³/mol. The average Bonchev–Trinajstić information content (AvgIpc) is 3.27. The van der Waals surface area contributed by atoms with Gasteiger partial charge in [-0.2, -0.15) is 5.10 Å². The van der Waals surface area contributed by atoms with Gasteiger partial charge >= 0.3 is 0 Å². The lowest BCUT2D eigenvalue weighted by Crippen LogP contribution is -2.32. The van der Waals surface area contributed by atoms with Crippen molar-refractivity contribution in [1.82, 2.24) is 10.7 Å². The van der Waals surface area contributed by atoms with E-state index >= 15 is 0 Å². The van der Waals surface area contributed by atoms with Crippen LogP contribution in [0.3, 0.4) is 0 Å². The molecule has 0 aliphatic rings. The van der Waals surface area contributed by atoms with Crippen molar-refractivity contribution in [2.24, 2.45) is 5.10 Å². The molecule has 0 radical (unpaired) electrons. The van der Waals surface area contributed by atoms with Gasteiger partial charge in [0.2, 0.25) is 0 Å². The quantitative estimate of drug-likeness (QED) is 0.312. The molecule has 2 aromatic carbocycles. The van der Waals surface area contributed by atoms with Gasteiger partial charge in [0.25, 0.3) is 11.8 Å². The third kappa shape index (κ3) is 6.27. The lowest BCUT2D eigenvalue weighted by atomic mass is 10.2. The van der Waals surface area contributed by atoms with E-state index in [0.29, 0.717) is 5.02 Å². The van der Waals surface area contributed by atoms with Gasteiger partial charge in [-0.3, -0.25) is 9.59 Å². The Kier molecular flexibility index (Phi) is 7.71. The number of carbonyl (C=O) groups excluding carboxylic acids is 2. The van der Waals surface area contributed by atoms with Crippen LogP contribution in [0.25, 0.3) is 12.2 Å². The maximum absolute atomic E-state index is 12.6. The van der Waals surface area contributed by atoms with Gasteiger partial charge in [-0.1, -0.05) is 66.2 Å². The number of hydrogen-bond acceptors (Lipinski definition) is 4. The molecular formula is C23H18ClN3O2S. The summed E-state index contributed by atoms with van der Waals surface area (Å²) >= 11 is 7.52. The Balaban J connectivity index is 1.70. The number of carbonyl (C=O) groups is 2. The van der Waals surface area contributed by atoms with Crippen LogP contribution in [0.1, 0.15) is 20.8 Å². The summed E-state index contributed by atoms with van der Waals surface area (Å²) in [7, 11) is 0. The summed E-state index contributed by atoms with van der Waals surface area (Å²) in [6.45, 7) is 0. The third-order valence-electron chi connectivity index (χ3n) is 3.86. The molecule has 0 saturated carbocycles. The van der Waals surface area contributed by atoms with Gasteiger partial charge in [0.15, 0.2) is 0 Å². The van der Waals surface area contributed by atoms with Crippen molar-refractivity contribution < 1.29 is 9.59 Å². The van der Waals surface area contributed by atoms with Crippen molar-refractivity contribution >= 4 is 53.1 Å². The van der Waals surface area contributed by atoms with Gasteiger partial charge in [-0.05, 0) is 41.3 Å². The number of rotatable bonds is 7. The van der Waals surface area contributed by atoms with Crippen LogP contribution < -0.4 is 10.7 Å². The molecule has 0 unspecified atom stereocenters. The first-order chi connectivity index (χ1) is 14.6. The van der Waals surface area contributed by atoms with E-state index in [1.54, 1.807) is 36.4 Å². The molecule has 150 valence electrons. The highest BCUT2D eigenvalue weighted by atomic mass is 35.5. The molecule has 0 saturated heterocycles. The third-order valence-corrected chi connectivity index (χ3v) is 5.00. The van der Waals surface area contributed by atoms with Crippen LogP contribution in [-0.2, 0) is 4.79 Å². The molecule has 1 aromatic heterocycles. The molecule has 0 fully saturated rings. The topological polar surface area (TPSA) is 70.6 Å². The summed E-state index contributed by atoms with van der Waals surface area (Å²) in [5.41, 5.74) is 3.77. The molecule has 0 bridgehead atoms. The van der Waals surface area contributed by atoms with Crippen molar-refractivity contribution in [3.63, 3.8) is 0 Å². The van der Waals surface area contributed by atoms with Crippen LogP contribution in [0.2, 0.25) is 5.02 Å². The number of nitrogens with zero attached hydrogens (tertiary/aromatic N) is 1. The Morgan fingerprint density at radius 3 is 2.47 bits per heavy atom. The monoisotopic (exact) mass is 435 g/mol. The Labute approximate surface area is 183 Å². The molecule has 3 aromatic rings. The number of hydrogen-bond donors (Lipinski definition) is 2. The summed E-state index contributed by atoms with van der Waals surface area (Å²) in [5.74, 6) is -1.03. The fourth-order valence-electron chi connectivity index (χ4n) is 2.43. The average molecular weight is 436 g/mol. The minimum atomic E-state index is -0.548. The van der Waals surface area contributed by atoms with Gasteiger partial charge in [-0.25, -0.2) is 5.43 Å². The molecule has 30 heavy (non-hydrogen) atoms. The van der Waals surface area contributed by atoms with Crippen molar-refractivity contribution in [2.45, 2.75) is 0 Å². The number of amides is 2. The second kappa shape index (κ2) is 10.9. The lowest BCUT2D eigenvalue weighted by Gasteiger charge is -2.09. The van der Waals surface area contributed by atoms with E-state index in [-0.39, 0.29) is 11.3 Å². The van der Waals surface area contributed by atoms with E-state index in [0.717, 1.165) is 10.4 Å². The largest absolute Gasteiger partial charge is 0.317 e. The Morgan fingerprint density at radius 1 is 0.967 bits per heavy atom. The van der Waals surface area contributed by atoms with Gasteiger partial charge < -0.3 is 5.32 Å². The van der Waals surface area contributed by atoms with Crippen molar-refractivity contribution in [1.29, 1.82) is 0 Å². The summed E-state index contributed by atoms with van der Waals surface area (Å²) in [4.78, 5) is 26.0. The van der Waals surface area contributed by atoms with Crippen LogP contribution >= 0.6 is 22.9 Å². The van der Waals surface area contributed by atoms with Crippen molar-refractivity contribution in [3.8, 4) is 0 Å². The summed E-state index contributed by atoms with van der Waals surface area (Å²) in [6, 6.07) is 20.0. The number of nitrogens with one attached hydrogen (secondary N) is 2. The van der Waals surface area contributed by atoms with Crippen LogP contribution in [-0.4, -0.2) is 18.0 Å². The molecular weight excluding hydrogens is 418 g/mol. The maximum Gasteiger partial charge on any atom is 0.287 e.